The lowest BCUT2D eigenvalue weighted by Gasteiger charge is -2.49. The number of hydrogen-bond donors (Lipinski definition) is 1. The lowest BCUT2D eigenvalue weighted by atomic mass is 9.89. The summed E-state index contributed by atoms with van der Waals surface area (Å²) in [5, 5.41) is 5.62. The Hall–Kier alpha value is -2.74. The Kier molecular flexibility index (Phi) is 8.92. The minimum atomic E-state index is -4.18. The van der Waals surface area contributed by atoms with Crippen molar-refractivity contribution in [2.75, 3.05) is 16.6 Å². The fourth-order valence-electron chi connectivity index (χ4n) is 6.04. The molecule has 9 nitrogen and oxygen atoms in total. The van der Waals surface area contributed by atoms with E-state index in [2.05, 4.69) is 0 Å². The third-order valence-electron chi connectivity index (χ3n) is 8.45. The Morgan fingerprint density at radius 2 is 1.60 bits per heavy atom. The molecule has 2 aliphatic carbocycles. The summed E-state index contributed by atoms with van der Waals surface area (Å²) in [4.78, 5) is 16.0. The molecule has 45 heavy (non-hydrogen) atoms. The van der Waals surface area contributed by atoms with Gasteiger partial charge < -0.3 is 9.64 Å². The summed E-state index contributed by atoms with van der Waals surface area (Å²) in [5.41, 5.74) is 1.09. The highest BCUT2D eigenvalue weighted by atomic mass is 35.5. The number of hydrogen-bond acceptors (Lipinski definition) is 6. The van der Waals surface area contributed by atoms with Crippen molar-refractivity contribution in [3.8, 4) is 0 Å². The topological polar surface area (TPSA) is 127 Å². The zero-order chi connectivity index (χ0) is 32.1. The summed E-state index contributed by atoms with van der Waals surface area (Å²) in [7, 11) is -8.17. The van der Waals surface area contributed by atoms with E-state index in [0.29, 0.717) is 46.9 Å². The predicted molar refractivity (Wildman–Crippen MR) is 170 cm³/mol. The fourth-order valence-corrected chi connectivity index (χ4v) is 8.89. The van der Waals surface area contributed by atoms with Crippen LogP contribution in [-0.2, 0) is 29.6 Å². The van der Waals surface area contributed by atoms with E-state index in [0.717, 1.165) is 4.31 Å². The van der Waals surface area contributed by atoms with Gasteiger partial charge in [-0.1, -0.05) is 59.6 Å². The molecule has 1 aliphatic heterocycles. The Balaban J connectivity index is 1.52. The van der Waals surface area contributed by atoms with Crippen LogP contribution in [0.15, 0.2) is 72.8 Å². The van der Waals surface area contributed by atoms with Crippen molar-refractivity contribution in [2.45, 2.75) is 55.2 Å². The maximum atomic E-state index is 15.3. The largest absolute Gasteiger partial charge is 0.357 e. The molecule has 0 bridgehead atoms. The molecule has 1 heterocycles. The van der Waals surface area contributed by atoms with Crippen molar-refractivity contribution in [1.82, 2.24) is 4.90 Å². The molecule has 0 aromatic heterocycles. The lowest BCUT2D eigenvalue weighted by molar-refractivity contribution is -0.176. The number of amides is 1. The molecule has 3 fully saturated rings. The Morgan fingerprint density at radius 3 is 2.20 bits per heavy atom. The number of ether oxygens (including phenoxy) is 1. The van der Waals surface area contributed by atoms with Crippen LogP contribution in [0, 0.1) is 11.7 Å². The number of halogens is 3. The normalized spacial score (nSPS) is 23.2. The van der Waals surface area contributed by atoms with E-state index in [1.807, 2.05) is 0 Å². The molecule has 1 amide bonds. The van der Waals surface area contributed by atoms with Gasteiger partial charge in [0, 0.05) is 10.0 Å². The second-order valence-electron chi connectivity index (χ2n) is 11.8. The summed E-state index contributed by atoms with van der Waals surface area (Å²) < 4.78 is 75.0. The van der Waals surface area contributed by atoms with Crippen molar-refractivity contribution in [1.29, 1.82) is 0 Å². The number of nitrogens with zero attached hydrogens (tertiary/aromatic N) is 2. The van der Waals surface area contributed by atoms with Gasteiger partial charge in [0.05, 0.1) is 35.3 Å². The van der Waals surface area contributed by atoms with Gasteiger partial charge in [0.15, 0.2) is 6.10 Å². The van der Waals surface area contributed by atoms with Crippen LogP contribution in [0.25, 0.3) is 0 Å². The number of rotatable bonds is 11. The van der Waals surface area contributed by atoms with E-state index in [1.54, 1.807) is 59.5 Å². The highest BCUT2D eigenvalue weighted by Crippen LogP contribution is 2.48. The molecule has 2 saturated carbocycles. The number of carbonyl (C=O) groups excluding carboxylic acids is 1. The van der Waals surface area contributed by atoms with Crippen molar-refractivity contribution in [3.63, 3.8) is 0 Å². The van der Waals surface area contributed by atoms with Gasteiger partial charge in [-0.2, -0.15) is 0 Å². The summed E-state index contributed by atoms with van der Waals surface area (Å²) in [5.74, 6) is -2.29. The van der Waals surface area contributed by atoms with Gasteiger partial charge in [0.25, 0.3) is 5.91 Å². The van der Waals surface area contributed by atoms with E-state index >= 15 is 4.39 Å². The van der Waals surface area contributed by atoms with Crippen molar-refractivity contribution in [3.05, 3.63) is 99.8 Å². The van der Waals surface area contributed by atoms with Crippen LogP contribution in [0.5, 0.6) is 0 Å². The summed E-state index contributed by atoms with van der Waals surface area (Å²) in [6.07, 6.45) is -0.109. The van der Waals surface area contributed by atoms with E-state index in [-0.39, 0.29) is 18.2 Å². The van der Waals surface area contributed by atoms with Crippen LogP contribution in [0.1, 0.15) is 49.0 Å². The molecule has 4 atom stereocenters. The van der Waals surface area contributed by atoms with Crippen LogP contribution >= 0.6 is 23.2 Å². The number of nitrogens with two attached hydrogens (primary N) is 1. The maximum Gasteiger partial charge on any atom is 0.253 e. The number of morpholine rings is 1. The molecular weight excluding hydrogens is 664 g/mol. The minimum absolute atomic E-state index is 0.105. The average Bonchev–Trinajstić information content (AvgIpc) is 3.89. The highest BCUT2D eigenvalue weighted by Gasteiger charge is 2.52. The summed E-state index contributed by atoms with van der Waals surface area (Å²) >= 11 is 12.6. The number of primary sulfonamides is 1. The summed E-state index contributed by atoms with van der Waals surface area (Å²) in [6.45, 7) is -0.232. The molecule has 1 saturated heterocycles. The molecule has 3 aromatic carbocycles. The van der Waals surface area contributed by atoms with Crippen LogP contribution in [0.2, 0.25) is 10.0 Å². The zero-order valence-corrected chi connectivity index (χ0v) is 27.2. The molecule has 0 unspecified atom stereocenters. The second kappa shape index (κ2) is 12.5. The zero-order valence-electron chi connectivity index (χ0n) is 24.0. The van der Waals surface area contributed by atoms with Crippen LogP contribution in [0.4, 0.5) is 10.1 Å². The van der Waals surface area contributed by atoms with Gasteiger partial charge in [-0.25, -0.2) is 26.4 Å². The minimum Gasteiger partial charge on any atom is -0.357 e. The van der Waals surface area contributed by atoms with Crippen molar-refractivity contribution < 1.29 is 30.8 Å². The molecule has 3 aromatic rings. The predicted octanol–water partition coefficient (Wildman–Crippen LogP) is 5.21. The van der Waals surface area contributed by atoms with Gasteiger partial charge in [0.2, 0.25) is 20.0 Å². The Morgan fingerprint density at radius 1 is 0.911 bits per heavy atom. The first-order valence-electron chi connectivity index (χ1n) is 14.6. The number of benzene rings is 3. The molecule has 2 N–H and O–H groups in total. The lowest BCUT2D eigenvalue weighted by Crippen LogP contribution is -2.60. The van der Waals surface area contributed by atoms with Gasteiger partial charge in [-0.15, -0.1) is 0 Å². The monoisotopic (exact) mass is 695 g/mol. The summed E-state index contributed by atoms with van der Waals surface area (Å²) in [6, 6.07) is 17.7. The Bertz CT molecular complexity index is 1800. The van der Waals surface area contributed by atoms with Gasteiger partial charge in [-0.3, -0.25) is 9.10 Å². The fraction of sp³-hybridized carbons (Fsp3) is 0.387. The van der Waals surface area contributed by atoms with E-state index in [4.69, 9.17) is 33.1 Å². The van der Waals surface area contributed by atoms with Crippen LogP contribution in [0.3, 0.4) is 0 Å². The highest BCUT2D eigenvalue weighted by molar-refractivity contribution is 7.93. The number of sulfonamides is 2. The van der Waals surface area contributed by atoms with Crippen molar-refractivity contribution >= 4 is 54.8 Å². The maximum absolute atomic E-state index is 15.3. The van der Waals surface area contributed by atoms with Crippen LogP contribution in [-0.4, -0.2) is 57.3 Å². The first kappa shape index (κ1) is 32.2. The first-order valence-corrected chi connectivity index (χ1v) is 18.6. The molecule has 0 radical (unpaired) electrons. The third-order valence-corrected chi connectivity index (χ3v) is 12.0. The molecule has 14 heteroatoms. The molecule has 3 aliphatic rings. The molecule has 6 rings (SSSR count). The van der Waals surface area contributed by atoms with E-state index in [1.165, 1.54) is 18.2 Å². The SMILES string of the molecule is NS(=O)(=O)C[C@H]1O[C@@H](c2cccc(Cl)c2)[C@@H](c2ccc(Cl)cc2)N([C@H](CN(c2ccccc2F)S(=O)(=O)C2CC2)C2CC2)C1=O. The Labute approximate surface area is 272 Å². The number of carbonyl (C=O) groups is 1. The smallest absolute Gasteiger partial charge is 0.253 e. The first-order chi connectivity index (χ1) is 21.3. The van der Waals surface area contributed by atoms with Gasteiger partial charge in [0.1, 0.15) is 11.9 Å². The van der Waals surface area contributed by atoms with Crippen LogP contribution < -0.4 is 9.44 Å². The van der Waals surface area contributed by atoms with Gasteiger partial charge in [-0.05, 0) is 79.1 Å². The molecular formula is C31H32Cl2FN3O6S2. The standard InChI is InChI=1S/C31H32Cl2FN3O6S2/c32-22-12-10-20(11-13-22)29-30(21-4-3-5-23(33)16-21)43-28(18-44(35,39)40)31(38)37(29)27(19-8-9-19)17-36(45(41,42)24-14-15-24)26-7-2-1-6-25(26)34/h1-7,10-13,16,19,24,27-30H,8-9,14-15,17-18H2,(H2,35,39,40)/t27-,28-,29-,30+/m1/s1. The molecule has 240 valence electrons. The van der Waals surface area contributed by atoms with E-state index in [9.17, 15) is 21.6 Å². The quantitative estimate of drug-likeness (QED) is 0.294. The average molecular weight is 697 g/mol. The number of anilines is 1. The van der Waals surface area contributed by atoms with E-state index < -0.39 is 67.1 Å². The third kappa shape index (κ3) is 7.01. The second-order valence-corrected chi connectivity index (χ2v) is 16.5. The molecule has 0 spiro atoms. The number of para-hydroxylation sites is 1. The van der Waals surface area contributed by atoms with Crippen molar-refractivity contribution in [2.24, 2.45) is 11.1 Å². The van der Waals surface area contributed by atoms with Gasteiger partial charge >= 0.3 is 0 Å².